The SMILES string of the molecule is CCNCC(C=O)c1c(C)oc2c(C=O)c(O)ccc2c1=O. The van der Waals surface area contributed by atoms with E-state index in [0.717, 1.165) is 0 Å². The van der Waals surface area contributed by atoms with E-state index in [0.29, 0.717) is 25.7 Å². The van der Waals surface area contributed by atoms with Crippen LogP contribution in [0.25, 0.3) is 11.0 Å². The van der Waals surface area contributed by atoms with Gasteiger partial charge in [-0.25, -0.2) is 0 Å². The summed E-state index contributed by atoms with van der Waals surface area (Å²) < 4.78 is 5.56. The fraction of sp³-hybridized carbons (Fsp3) is 0.312. The van der Waals surface area contributed by atoms with Gasteiger partial charge in [-0.05, 0) is 25.6 Å². The van der Waals surface area contributed by atoms with Crippen LogP contribution in [0.5, 0.6) is 5.75 Å². The Labute approximate surface area is 126 Å². The van der Waals surface area contributed by atoms with Crippen LogP contribution in [0, 0.1) is 6.92 Å². The smallest absolute Gasteiger partial charge is 0.196 e. The molecule has 0 radical (unpaired) electrons. The zero-order valence-corrected chi connectivity index (χ0v) is 12.4. The zero-order valence-electron chi connectivity index (χ0n) is 12.4. The predicted molar refractivity (Wildman–Crippen MR) is 81.6 cm³/mol. The number of nitrogens with one attached hydrogen (secondary N) is 1. The highest BCUT2D eigenvalue weighted by Gasteiger charge is 2.22. The van der Waals surface area contributed by atoms with Crippen LogP contribution in [-0.4, -0.2) is 30.8 Å². The Hall–Kier alpha value is -2.47. The van der Waals surface area contributed by atoms with Gasteiger partial charge in [-0.1, -0.05) is 6.92 Å². The van der Waals surface area contributed by atoms with Crippen molar-refractivity contribution in [3.05, 3.63) is 39.2 Å². The number of fused-ring (bicyclic) bond motifs is 1. The van der Waals surface area contributed by atoms with E-state index in [9.17, 15) is 19.5 Å². The monoisotopic (exact) mass is 303 g/mol. The Bertz CT molecular complexity index is 778. The molecule has 0 amide bonds. The molecule has 0 saturated heterocycles. The number of aromatic hydroxyl groups is 1. The van der Waals surface area contributed by atoms with E-state index in [-0.39, 0.29) is 39.0 Å². The van der Waals surface area contributed by atoms with Crippen LogP contribution >= 0.6 is 0 Å². The van der Waals surface area contributed by atoms with E-state index in [1.165, 1.54) is 12.1 Å². The van der Waals surface area contributed by atoms with E-state index >= 15 is 0 Å². The summed E-state index contributed by atoms with van der Waals surface area (Å²) >= 11 is 0. The van der Waals surface area contributed by atoms with Crippen LogP contribution < -0.4 is 10.7 Å². The lowest BCUT2D eigenvalue weighted by Gasteiger charge is -2.14. The maximum Gasteiger partial charge on any atom is 0.196 e. The molecule has 0 saturated carbocycles. The second kappa shape index (κ2) is 6.53. The van der Waals surface area contributed by atoms with Crippen LogP contribution in [0.15, 0.2) is 21.3 Å². The van der Waals surface area contributed by atoms with Gasteiger partial charge in [0.15, 0.2) is 17.3 Å². The van der Waals surface area contributed by atoms with Crippen LogP contribution in [0.3, 0.4) is 0 Å². The number of likely N-dealkylation sites (N-methyl/N-ethyl adjacent to an activating group) is 1. The molecule has 1 atom stereocenters. The van der Waals surface area contributed by atoms with Crippen LogP contribution in [0.2, 0.25) is 0 Å². The molecule has 1 aromatic heterocycles. The minimum absolute atomic E-state index is 0.0364. The van der Waals surface area contributed by atoms with Crippen molar-refractivity contribution in [2.24, 2.45) is 0 Å². The van der Waals surface area contributed by atoms with Gasteiger partial charge in [0.2, 0.25) is 0 Å². The predicted octanol–water partition coefficient (Wildman–Crippen LogP) is 1.51. The van der Waals surface area contributed by atoms with E-state index in [1.807, 2.05) is 6.92 Å². The van der Waals surface area contributed by atoms with Crippen molar-refractivity contribution in [1.29, 1.82) is 0 Å². The number of carbonyl (C=O) groups excluding carboxylic acids is 2. The minimum Gasteiger partial charge on any atom is -0.507 e. The van der Waals surface area contributed by atoms with Crippen LogP contribution in [0.1, 0.15) is 34.5 Å². The molecular weight excluding hydrogens is 286 g/mol. The lowest BCUT2D eigenvalue weighted by atomic mass is 9.97. The summed E-state index contributed by atoms with van der Waals surface area (Å²) in [6, 6.07) is 2.66. The first-order chi connectivity index (χ1) is 10.5. The first-order valence-corrected chi connectivity index (χ1v) is 6.95. The second-order valence-corrected chi connectivity index (χ2v) is 4.94. The van der Waals surface area contributed by atoms with Crippen LogP contribution in [-0.2, 0) is 4.79 Å². The molecule has 6 nitrogen and oxygen atoms in total. The molecule has 22 heavy (non-hydrogen) atoms. The molecule has 0 bridgehead atoms. The Kier molecular flexibility index (Phi) is 4.72. The Morgan fingerprint density at radius 3 is 2.68 bits per heavy atom. The quantitative estimate of drug-likeness (QED) is 0.785. The summed E-state index contributed by atoms with van der Waals surface area (Å²) in [6.45, 7) is 4.47. The molecule has 2 rings (SSSR count). The van der Waals surface area contributed by atoms with Gasteiger partial charge < -0.3 is 19.6 Å². The largest absolute Gasteiger partial charge is 0.507 e. The molecule has 2 N–H and O–H groups in total. The lowest BCUT2D eigenvalue weighted by molar-refractivity contribution is -0.109. The van der Waals surface area contributed by atoms with Gasteiger partial charge in [-0.3, -0.25) is 9.59 Å². The van der Waals surface area contributed by atoms with Gasteiger partial charge in [-0.2, -0.15) is 0 Å². The molecule has 1 unspecified atom stereocenters. The number of aryl methyl sites for hydroxylation is 1. The van der Waals surface area contributed by atoms with E-state index < -0.39 is 5.92 Å². The van der Waals surface area contributed by atoms with Gasteiger partial charge in [0.05, 0.1) is 16.9 Å². The zero-order chi connectivity index (χ0) is 16.3. The molecule has 0 spiro atoms. The Morgan fingerprint density at radius 1 is 1.36 bits per heavy atom. The van der Waals surface area contributed by atoms with Gasteiger partial charge in [0.25, 0.3) is 0 Å². The van der Waals surface area contributed by atoms with Crippen molar-refractivity contribution in [2.45, 2.75) is 19.8 Å². The van der Waals surface area contributed by atoms with Crippen molar-refractivity contribution in [1.82, 2.24) is 5.32 Å². The summed E-state index contributed by atoms with van der Waals surface area (Å²) in [7, 11) is 0. The van der Waals surface area contributed by atoms with E-state index in [4.69, 9.17) is 4.42 Å². The normalized spacial score (nSPS) is 12.3. The number of phenolic OH excluding ortho intramolecular Hbond substituents is 1. The maximum atomic E-state index is 12.6. The molecule has 1 heterocycles. The molecular formula is C16H17NO5. The highest BCUT2D eigenvalue weighted by Crippen LogP contribution is 2.27. The van der Waals surface area contributed by atoms with E-state index in [2.05, 4.69) is 5.32 Å². The van der Waals surface area contributed by atoms with Gasteiger partial charge >= 0.3 is 0 Å². The van der Waals surface area contributed by atoms with Crippen molar-refractivity contribution in [3.8, 4) is 5.75 Å². The average molecular weight is 303 g/mol. The third-order valence-electron chi connectivity index (χ3n) is 3.56. The molecule has 1 aromatic carbocycles. The summed E-state index contributed by atoms with van der Waals surface area (Å²) in [4.78, 5) is 35.1. The van der Waals surface area contributed by atoms with Crippen LogP contribution in [0.4, 0.5) is 0 Å². The average Bonchev–Trinajstić information content (AvgIpc) is 2.50. The summed E-state index contributed by atoms with van der Waals surface area (Å²) in [6.07, 6.45) is 1.14. The second-order valence-electron chi connectivity index (χ2n) is 4.94. The number of hydrogen-bond donors (Lipinski definition) is 2. The Morgan fingerprint density at radius 2 is 2.09 bits per heavy atom. The molecule has 0 aliphatic heterocycles. The number of hydrogen-bond acceptors (Lipinski definition) is 6. The first kappa shape index (κ1) is 15.9. The number of carbonyl (C=O) groups is 2. The molecule has 6 heteroatoms. The number of benzene rings is 1. The molecule has 0 fully saturated rings. The Balaban J connectivity index is 2.73. The molecule has 0 aliphatic rings. The van der Waals surface area contributed by atoms with Crippen molar-refractivity contribution >= 4 is 23.5 Å². The number of phenols is 1. The first-order valence-electron chi connectivity index (χ1n) is 6.95. The number of rotatable bonds is 6. The fourth-order valence-corrected chi connectivity index (χ4v) is 2.45. The van der Waals surface area contributed by atoms with E-state index in [1.54, 1.807) is 6.92 Å². The highest BCUT2D eigenvalue weighted by molar-refractivity contribution is 5.97. The van der Waals surface area contributed by atoms with Crippen molar-refractivity contribution in [2.75, 3.05) is 13.1 Å². The van der Waals surface area contributed by atoms with Gasteiger partial charge in [-0.15, -0.1) is 0 Å². The van der Waals surface area contributed by atoms with Crippen molar-refractivity contribution < 1.29 is 19.1 Å². The minimum atomic E-state index is -0.630. The number of aldehydes is 2. The fourth-order valence-electron chi connectivity index (χ4n) is 2.45. The summed E-state index contributed by atoms with van der Waals surface area (Å²) in [5.74, 6) is -0.618. The molecule has 116 valence electrons. The summed E-state index contributed by atoms with van der Waals surface area (Å²) in [5, 5.41) is 12.9. The topological polar surface area (TPSA) is 96.6 Å². The van der Waals surface area contributed by atoms with Crippen molar-refractivity contribution in [3.63, 3.8) is 0 Å². The maximum absolute atomic E-state index is 12.6. The lowest BCUT2D eigenvalue weighted by Crippen LogP contribution is -2.27. The molecule has 0 aliphatic carbocycles. The molecule has 2 aromatic rings. The van der Waals surface area contributed by atoms with Gasteiger partial charge in [0, 0.05) is 12.1 Å². The summed E-state index contributed by atoms with van der Waals surface area (Å²) in [5.41, 5.74) is -0.129. The standard InChI is InChI=1S/C16H17NO5/c1-3-17-6-10(7-18)14-9(2)22-16-11(15(14)21)4-5-13(20)12(16)8-19/h4-5,7-8,10,17,20H,3,6H2,1-2H3. The highest BCUT2D eigenvalue weighted by atomic mass is 16.3. The third kappa shape index (κ3) is 2.65. The third-order valence-corrected chi connectivity index (χ3v) is 3.56. The van der Waals surface area contributed by atoms with Gasteiger partial charge in [0.1, 0.15) is 17.8 Å².